The lowest BCUT2D eigenvalue weighted by molar-refractivity contribution is 0.0875. The van der Waals surface area contributed by atoms with Crippen molar-refractivity contribution in [1.82, 2.24) is 14.7 Å². The molecule has 1 aromatic heterocycles. The maximum absolute atomic E-state index is 10.3. The summed E-state index contributed by atoms with van der Waals surface area (Å²) in [6, 6.07) is 11.0. The predicted octanol–water partition coefficient (Wildman–Crippen LogP) is 1.49. The minimum absolute atomic E-state index is 0.436. The van der Waals surface area contributed by atoms with E-state index in [1.807, 2.05) is 6.07 Å². The molecule has 1 aliphatic rings. The molecular formula is C16H22N4O. The van der Waals surface area contributed by atoms with Crippen LogP contribution in [0, 0.1) is 0 Å². The first-order valence-corrected chi connectivity index (χ1v) is 7.44. The van der Waals surface area contributed by atoms with Crippen LogP contribution in [-0.4, -0.2) is 38.5 Å². The van der Waals surface area contributed by atoms with E-state index in [1.165, 1.54) is 18.4 Å². The van der Waals surface area contributed by atoms with Crippen molar-refractivity contribution in [2.45, 2.75) is 38.1 Å². The monoisotopic (exact) mass is 286 g/mol. The van der Waals surface area contributed by atoms with Gasteiger partial charge in [-0.05, 0) is 18.4 Å². The van der Waals surface area contributed by atoms with E-state index >= 15 is 0 Å². The first kappa shape index (κ1) is 14.1. The molecule has 5 nitrogen and oxygen atoms in total. The molecule has 112 valence electrons. The molecule has 1 aliphatic carbocycles. The molecule has 3 N–H and O–H groups in total. The first-order valence-electron chi connectivity index (χ1n) is 7.44. The Kier molecular flexibility index (Phi) is 4.22. The fourth-order valence-corrected chi connectivity index (χ4v) is 2.62. The van der Waals surface area contributed by atoms with Gasteiger partial charge in [-0.25, -0.2) is 0 Å². The normalized spacial score (nSPS) is 16.3. The Balaban J connectivity index is 1.57. The van der Waals surface area contributed by atoms with Crippen molar-refractivity contribution in [2.24, 2.45) is 0 Å². The molecule has 1 atom stereocenters. The van der Waals surface area contributed by atoms with Crippen molar-refractivity contribution in [3.8, 4) is 0 Å². The van der Waals surface area contributed by atoms with Crippen molar-refractivity contribution in [2.75, 3.05) is 12.3 Å². The number of nitrogens with zero attached hydrogens (tertiary/aromatic N) is 3. The Morgan fingerprint density at radius 2 is 2.10 bits per heavy atom. The van der Waals surface area contributed by atoms with Gasteiger partial charge in [0.1, 0.15) is 0 Å². The first-order chi connectivity index (χ1) is 10.2. The van der Waals surface area contributed by atoms with Crippen LogP contribution in [-0.2, 0) is 13.1 Å². The minimum Gasteiger partial charge on any atom is -0.396 e. The SMILES string of the molecule is Nc1cnn(CC(O)CN(Cc2ccccc2)C2CC2)c1. The summed E-state index contributed by atoms with van der Waals surface area (Å²) < 4.78 is 1.70. The molecule has 3 rings (SSSR count). The van der Waals surface area contributed by atoms with Gasteiger partial charge in [-0.2, -0.15) is 5.10 Å². The number of hydrogen-bond donors (Lipinski definition) is 2. The number of rotatable bonds is 7. The molecule has 1 saturated carbocycles. The highest BCUT2D eigenvalue weighted by Crippen LogP contribution is 2.28. The van der Waals surface area contributed by atoms with Crippen LogP contribution in [0.2, 0.25) is 0 Å². The Morgan fingerprint density at radius 1 is 1.33 bits per heavy atom. The molecule has 21 heavy (non-hydrogen) atoms. The van der Waals surface area contributed by atoms with E-state index in [2.05, 4.69) is 34.3 Å². The lowest BCUT2D eigenvalue weighted by atomic mass is 10.2. The van der Waals surface area contributed by atoms with Crippen LogP contribution in [0.3, 0.4) is 0 Å². The number of benzene rings is 1. The van der Waals surface area contributed by atoms with Crippen molar-refractivity contribution in [3.63, 3.8) is 0 Å². The fourth-order valence-electron chi connectivity index (χ4n) is 2.62. The van der Waals surface area contributed by atoms with Gasteiger partial charge in [0.15, 0.2) is 0 Å². The van der Waals surface area contributed by atoms with E-state index in [0.717, 1.165) is 6.54 Å². The summed E-state index contributed by atoms with van der Waals surface area (Å²) in [4.78, 5) is 2.37. The molecule has 1 heterocycles. The van der Waals surface area contributed by atoms with Crippen LogP contribution in [0.5, 0.6) is 0 Å². The molecule has 0 saturated heterocycles. The van der Waals surface area contributed by atoms with Crippen LogP contribution in [0.1, 0.15) is 18.4 Å². The highest BCUT2D eigenvalue weighted by Gasteiger charge is 2.30. The molecule has 5 heteroatoms. The second kappa shape index (κ2) is 6.28. The zero-order chi connectivity index (χ0) is 14.7. The highest BCUT2D eigenvalue weighted by molar-refractivity contribution is 5.30. The van der Waals surface area contributed by atoms with Crippen molar-refractivity contribution < 1.29 is 5.11 Å². The molecule has 0 bridgehead atoms. The number of nitrogens with two attached hydrogens (primary N) is 1. The van der Waals surface area contributed by atoms with Crippen molar-refractivity contribution >= 4 is 5.69 Å². The molecule has 2 aromatic rings. The van der Waals surface area contributed by atoms with Gasteiger partial charge in [0.05, 0.1) is 24.5 Å². The minimum atomic E-state index is -0.436. The maximum atomic E-state index is 10.3. The topological polar surface area (TPSA) is 67.3 Å². The second-order valence-corrected chi connectivity index (χ2v) is 5.80. The Bertz CT molecular complexity index is 565. The Hall–Kier alpha value is -1.85. The zero-order valence-corrected chi connectivity index (χ0v) is 12.1. The Morgan fingerprint density at radius 3 is 2.71 bits per heavy atom. The number of nitrogen functional groups attached to an aromatic ring is 1. The lowest BCUT2D eigenvalue weighted by Gasteiger charge is -2.25. The summed E-state index contributed by atoms with van der Waals surface area (Å²) in [7, 11) is 0. The number of hydrogen-bond acceptors (Lipinski definition) is 4. The van der Waals surface area contributed by atoms with Gasteiger partial charge in [0.2, 0.25) is 0 Å². The third kappa shape index (κ3) is 4.06. The summed E-state index contributed by atoms with van der Waals surface area (Å²) in [5.74, 6) is 0. The molecule has 0 spiro atoms. The molecule has 1 unspecified atom stereocenters. The van der Waals surface area contributed by atoms with Crippen LogP contribution < -0.4 is 5.73 Å². The van der Waals surface area contributed by atoms with Gasteiger partial charge < -0.3 is 10.8 Å². The second-order valence-electron chi connectivity index (χ2n) is 5.80. The largest absolute Gasteiger partial charge is 0.396 e. The average Bonchev–Trinajstić information content (AvgIpc) is 3.23. The van der Waals surface area contributed by atoms with E-state index in [0.29, 0.717) is 24.8 Å². The van der Waals surface area contributed by atoms with Crippen molar-refractivity contribution in [3.05, 3.63) is 48.3 Å². The number of aliphatic hydroxyl groups is 1. The molecule has 1 fully saturated rings. The van der Waals surface area contributed by atoms with Gasteiger partial charge in [0, 0.05) is 25.3 Å². The van der Waals surface area contributed by atoms with Crippen LogP contribution >= 0.6 is 0 Å². The van der Waals surface area contributed by atoms with E-state index in [9.17, 15) is 5.11 Å². The standard InChI is InChI=1S/C16H22N4O/c17-14-8-18-20(10-14)12-16(21)11-19(15-6-7-15)9-13-4-2-1-3-5-13/h1-5,8,10,15-16,21H,6-7,9,11-12,17H2. The molecular weight excluding hydrogens is 264 g/mol. The van der Waals surface area contributed by atoms with Crippen LogP contribution in [0.4, 0.5) is 5.69 Å². The summed E-state index contributed by atoms with van der Waals surface area (Å²) in [6.45, 7) is 2.04. The Labute approximate surface area is 125 Å². The van der Waals surface area contributed by atoms with Gasteiger partial charge >= 0.3 is 0 Å². The smallest absolute Gasteiger partial charge is 0.0862 e. The van der Waals surface area contributed by atoms with Gasteiger partial charge in [-0.1, -0.05) is 30.3 Å². The van der Waals surface area contributed by atoms with Gasteiger partial charge in [-0.15, -0.1) is 0 Å². The number of anilines is 1. The molecule has 1 aromatic carbocycles. The lowest BCUT2D eigenvalue weighted by Crippen LogP contribution is -2.36. The highest BCUT2D eigenvalue weighted by atomic mass is 16.3. The molecule has 0 aliphatic heterocycles. The van der Waals surface area contributed by atoms with Crippen LogP contribution in [0.25, 0.3) is 0 Å². The summed E-state index contributed by atoms with van der Waals surface area (Å²) in [5, 5.41) is 14.4. The maximum Gasteiger partial charge on any atom is 0.0862 e. The van der Waals surface area contributed by atoms with E-state index in [4.69, 9.17) is 5.73 Å². The predicted molar refractivity (Wildman–Crippen MR) is 82.5 cm³/mol. The number of aromatic nitrogens is 2. The van der Waals surface area contributed by atoms with E-state index < -0.39 is 6.10 Å². The van der Waals surface area contributed by atoms with Crippen molar-refractivity contribution in [1.29, 1.82) is 0 Å². The van der Waals surface area contributed by atoms with E-state index in [-0.39, 0.29) is 0 Å². The fraction of sp³-hybridized carbons (Fsp3) is 0.438. The van der Waals surface area contributed by atoms with E-state index in [1.54, 1.807) is 17.1 Å². The average molecular weight is 286 g/mol. The zero-order valence-electron chi connectivity index (χ0n) is 12.1. The number of aliphatic hydroxyl groups excluding tert-OH is 1. The quantitative estimate of drug-likeness (QED) is 0.809. The molecule has 0 amide bonds. The summed E-state index contributed by atoms with van der Waals surface area (Å²) in [5.41, 5.74) is 7.56. The summed E-state index contributed by atoms with van der Waals surface area (Å²) >= 11 is 0. The van der Waals surface area contributed by atoms with Gasteiger partial charge in [0.25, 0.3) is 0 Å². The summed E-state index contributed by atoms with van der Waals surface area (Å²) in [6.07, 6.45) is 5.38. The van der Waals surface area contributed by atoms with Gasteiger partial charge in [-0.3, -0.25) is 9.58 Å². The third-order valence-electron chi connectivity index (χ3n) is 3.79. The van der Waals surface area contributed by atoms with Crippen LogP contribution in [0.15, 0.2) is 42.7 Å². The third-order valence-corrected chi connectivity index (χ3v) is 3.79. The molecule has 0 radical (unpaired) electrons.